The fraction of sp³-hybridized carbons (Fsp3) is 1.00. The van der Waals surface area contributed by atoms with Gasteiger partial charge in [0.2, 0.25) is 0 Å². The van der Waals surface area contributed by atoms with Crippen LogP contribution in [0.15, 0.2) is 0 Å². The van der Waals surface area contributed by atoms with Crippen molar-refractivity contribution in [2.75, 3.05) is 12.9 Å². The van der Waals surface area contributed by atoms with E-state index >= 15 is 0 Å². The van der Waals surface area contributed by atoms with Crippen molar-refractivity contribution in [3.05, 3.63) is 0 Å². The topological polar surface area (TPSA) is 58.9 Å². The van der Waals surface area contributed by atoms with Gasteiger partial charge in [0.05, 0.1) is 17.5 Å². The Morgan fingerprint density at radius 2 is 2.17 bits per heavy atom. The summed E-state index contributed by atoms with van der Waals surface area (Å²) >= 11 is 1.54. The maximum Gasteiger partial charge on any atom is 0.184 e. The van der Waals surface area contributed by atoms with Crippen LogP contribution in [-0.4, -0.2) is 52.9 Å². The van der Waals surface area contributed by atoms with Crippen molar-refractivity contribution < 1.29 is 19.7 Å². The third kappa shape index (κ3) is 1.16. The second-order valence-electron chi connectivity index (χ2n) is 3.06. The monoisotopic (exact) mass is 192 g/mol. The summed E-state index contributed by atoms with van der Waals surface area (Å²) in [7, 11) is 1.50. The maximum atomic E-state index is 9.59. The second kappa shape index (κ2) is 3.16. The molecule has 70 valence electrons. The van der Waals surface area contributed by atoms with Gasteiger partial charge in [0, 0.05) is 12.9 Å². The van der Waals surface area contributed by atoms with E-state index in [0.29, 0.717) is 0 Å². The highest BCUT2D eigenvalue weighted by atomic mass is 32.2. The second-order valence-corrected chi connectivity index (χ2v) is 4.27. The molecule has 2 rings (SSSR count). The first kappa shape index (κ1) is 8.77. The van der Waals surface area contributed by atoms with E-state index < -0.39 is 18.5 Å². The minimum atomic E-state index is -0.714. The summed E-state index contributed by atoms with van der Waals surface area (Å²) in [6.07, 6.45) is -2.00. The van der Waals surface area contributed by atoms with E-state index in [-0.39, 0.29) is 11.4 Å². The Morgan fingerprint density at radius 3 is 2.83 bits per heavy atom. The number of aliphatic hydroxyl groups excluding tert-OH is 2. The van der Waals surface area contributed by atoms with Crippen LogP contribution in [0, 0.1) is 0 Å². The number of aliphatic hydroxyl groups is 2. The zero-order valence-electron chi connectivity index (χ0n) is 6.71. The van der Waals surface area contributed by atoms with Gasteiger partial charge in [-0.2, -0.15) is 11.8 Å². The van der Waals surface area contributed by atoms with Crippen molar-refractivity contribution in [2.45, 2.75) is 29.9 Å². The molecule has 0 radical (unpaired) electrons. The van der Waals surface area contributed by atoms with Gasteiger partial charge in [-0.05, 0) is 0 Å². The van der Waals surface area contributed by atoms with Gasteiger partial charge >= 0.3 is 0 Å². The van der Waals surface area contributed by atoms with Crippen LogP contribution in [0.5, 0.6) is 0 Å². The van der Waals surface area contributed by atoms with Crippen LogP contribution in [0.1, 0.15) is 0 Å². The van der Waals surface area contributed by atoms with Crippen molar-refractivity contribution in [3.8, 4) is 0 Å². The lowest BCUT2D eigenvalue weighted by Crippen LogP contribution is -2.52. The molecule has 2 aliphatic rings. The molecule has 4 nitrogen and oxygen atoms in total. The van der Waals surface area contributed by atoms with E-state index in [1.807, 2.05) is 0 Å². The Bertz CT molecular complexity index is 177. The molecule has 0 aromatic rings. The summed E-state index contributed by atoms with van der Waals surface area (Å²) in [5.74, 6) is 0.739. The predicted octanol–water partition coefficient (Wildman–Crippen LogP) is -0.805. The molecule has 0 aromatic heterocycles. The van der Waals surface area contributed by atoms with Crippen LogP contribution in [-0.2, 0) is 9.47 Å². The van der Waals surface area contributed by atoms with E-state index in [9.17, 15) is 10.2 Å². The van der Waals surface area contributed by atoms with Gasteiger partial charge in [-0.3, -0.25) is 0 Å². The molecule has 1 unspecified atom stereocenters. The van der Waals surface area contributed by atoms with Crippen molar-refractivity contribution >= 4 is 11.8 Å². The SMILES string of the molecule is CO[C@H]1O[C@@H]2CS[C@@H](C2O)[C@H]1O. The lowest BCUT2D eigenvalue weighted by molar-refractivity contribution is -0.242. The summed E-state index contributed by atoms with van der Waals surface area (Å²) in [6, 6.07) is 0. The highest BCUT2D eigenvalue weighted by Gasteiger charge is 2.49. The fourth-order valence-electron chi connectivity index (χ4n) is 1.64. The predicted molar refractivity (Wildman–Crippen MR) is 43.9 cm³/mol. The van der Waals surface area contributed by atoms with E-state index in [1.54, 1.807) is 11.8 Å². The number of hydrogen-bond donors (Lipinski definition) is 2. The zero-order valence-corrected chi connectivity index (χ0v) is 7.53. The summed E-state index contributed by atoms with van der Waals surface area (Å²) in [4.78, 5) is 0. The molecule has 0 spiro atoms. The number of methoxy groups -OCH3 is 1. The van der Waals surface area contributed by atoms with E-state index in [0.717, 1.165) is 5.75 Å². The number of rotatable bonds is 1. The molecule has 5 atom stereocenters. The Labute approximate surface area is 74.9 Å². The van der Waals surface area contributed by atoms with Gasteiger partial charge in [0.1, 0.15) is 6.10 Å². The molecule has 0 saturated carbocycles. The number of ether oxygens (including phenoxy) is 2. The summed E-state index contributed by atoms with van der Waals surface area (Å²) in [6.45, 7) is 0. The summed E-state index contributed by atoms with van der Waals surface area (Å²) < 4.78 is 10.2. The molecule has 2 bridgehead atoms. The normalized spacial score (nSPS) is 52.8. The van der Waals surface area contributed by atoms with Gasteiger partial charge in [-0.15, -0.1) is 0 Å². The highest BCUT2D eigenvalue weighted by molar-refractivity contribution is 8.00. The molecule has 2 aliphatic heterocycles. The first-order chi connectivity index (χ1) is 5.74. The van der Waals surface area contributed by atoms with Gasteiger partial charge in [-0.1, -0.05) is 0 Å². The Kier molecular flexibility index (Phi) is 2.31. The van der Waals surface area contributed by atoms with Gasteiger partial charge in [0.25, 0.3) is 0 Å². The average molecular weight is 192 g/mol. The van der Waals surface area contributed by atoms with Crippen LogP contribution < -0.4 is 0 Å². The Morgan fingerprint density at radius 1 is 1.42 bits per heavy atom. The maximum absolute atomic E-state index is 9.59. The largest absolute Gasteiger partial charge is 0.389 e. The van der Waals surface area contributed by atoms with Crippen LogP contribution in [0.4, 0.5) is 0 Å². The van der Waals surface area contributed by atoms with Gasteiger partial charge < -0.3 is 19.7 Å². The Balaban J connectivity index is 2.12. The molecule has 2 fully saturated rings. The molecule has 2 saturated heterocycles. The quantitative estimate of drug-likeness (QED) is 0.569. The minimum Gasteiger partial charge on any atom is -0.389 e. The molecule has 0 aromatic carbocycles. The smallest absolute Gasteiger partial charge is 0.184 e. The fourth-order valence-corrected chi connectivity index (χ4v) is 3.02. The minimum absolute atomic E-state index is 0.145. The lowest BCUT2D eigenvalue weighted by Gasteiger charge is -2.34. The first-order valence-electron chi connectivity index (χ1n) is 3.90. The molecule has 12 heavy (non-hydrogen) atoms. The highest BCUT2D eigenvalue weighted by Crippen LogP contribution is 2.38. The third-order valence-corrected chi connectivity index (χ3v) is 3.79. The Hall–Kier alpha value is 0.190. The zero-order chi connectivity index (χ0) is 8.72. The molecule has 5 heteroatoms. The number of thioether (sulfide) groups is 1. The van der Waals surface area contributed by atoms with Crippen molar-refractivity contribution in [1.29, 1.82) is 0 Å². The molecule has 2 heterocycles. The van der Waals surface area contributed by atoms with E-state index in [2.05, 4.69) is 0 Å². The van der Waals surface area contributed by atoms with E-state index in [4.69, 9.17) is 9.47 Å². The summed E-state index contributed by atoms with van der Waals surface area (Å²) in [5.41, 5.74) is 0. The number of fused-ring (bicyclic) bond motifs is 2. The van der Waals surface area contributed by atoms with Crippen molar-refractivity contribution in [3.63, 3.8) is 0 Å². The molecular formula is C7H12O4S. The standard InChI is InChI=1S/C7H12O4S/c1-10-7-5(9)6-4(8)3(11-7)2-12-6/h3-9H,2H2,1H3/t3-,4?,5-,6+,7+/m1/s1. The molecule has 2 N–H and O–H groups in total. The lowest BCUT2D eigenvalue weighted by atomic mass is 10.0. The van der Waals surface area contributed by atoms with Gasteiger partial charge in [0.15, 0.2) is 6.29 Å². The van der Waals surface area contributed by atoms with Crippen LogP contribution >= 0.6 is 11.8 Å². The van der Waals surface area contributed by atoms with Crippen LogP contribution in [0.25, 0.3) is 0 Å². The third-order valence-electron chi connectivity index (χ3n) is 2.33. The van der Waals surface area contributed by atoms with Gasteiger partial charge in [-0.25, -0.2) is 0 Å². The molecular weight excluding hydrogens is 180 g/mol. The van der Waals surface area contributed by atoms with Crippen molar-refractivity contribution in [2.24, 2.45) is 0 Å². The molecule has 0 amide bonds. The first-order valence-corrected chi connectivity index (χ1v) is 4.95. The van der Waals surface area contributed by atoms with E-state index in [1.165, 1.54) is 7.11 Å². The molecule has 0 aliphatic carbocycles. The van der Waals surface area contributed by atoms with Crippen LogP contribution in [0.3, 0.4) is 0 Å². The summed E-state index contributed by atoms with van der Waals surface area (Å²) in [5, 5.41) is 19.0. The van der Waals surface area contributed by atoms with Crippen molar-refractivity contribution in [1.82, 2.24) is 0 Å². The van der Waals surface area contributed by atoms with Crippen LogP contribution in [0.2, 0.25) is 0 Å². The average Bonchev–Trinajstić information content (AvgIpc) is 2.31. The number of hydrogen-bond acceptors (Lipinski definition) is 5.